The van der Waals surface area contributed by atoms with Gasteiger partial charge in [0.25, 0.3) is 0 Å². The van der Waals surface area contributed by atoms with E-state index in [0.717, 1.165) is 41.8 Å². The Morgan fingerprint density at radius 2 is 1.95 bits per heavy atom. The maximum absolute atomic E-state index is 9.86. The summed E-state index contributed by atoms with van der Waals surface area (Å²) in [5.74, 6) is 0.877. The third-order valence-electron chi connectivity index (χ3n) is 4.11. The number of hydrogen-bond donors (Lipinski definition) is 1. The standard InChI is InChI=1S/C18H18N2O/c1-21-17-11-5-10-16-15(17)9-6-12-18(16,13-19)20-14-7-3-2-4-8-14/h2-5,7-8,10-11,20H,6,9,12H2,1H3. The van der Waals surface area contributed by atoms with Crippen molar-refractivity contribution in [2.45, 2.75) is 24.8 Å². The molecule has 0 heterocycles. The Hall–Kier alpha value is -2.47. The second kappa shape index (κ2) is 5.49. The molecule has 1 aliphatic carbocycles. The molecule has 1 atom stereocenters. The van der Waals surface area contributed by atoms with Gasteiger partial charge in [-0.1, -0.05) is 30.3 Å². The fraction of sp³-hybridized carbons (Fsp3) is 0.278. The van der Waals surface area contributed by atoms with Crippen LogP contribution in [0.4, 0.5) is 5.69 Å². The number of para-hydroxylation sites is 1. The monoisotopic (exact) mass is 278 g/mol. The molecule has 1 N–H and O–H groups in total. The number of nitriles is 1. The minimum Gasteiger partial charge on any atom is -0.496 e. The third kappa shape index (κ3) is 2.34. The van der Waals surface area contributed by atoms with Crippen molar-refractivity contribution < 1.29 is 4.74 Å². The summed E-state index contributed by atoms with van der Waals surface area (Å²) in [4.78, 5) is 0. The molecule has 3 rings (SSSR count). The summed E-state index contributed by atoms with van der Waals surface area (Å²) in [5, 5.41) is 13.3. The topological polar surface area (TPSA) is 45.0 Å². The maximum atomic E-state index is 9.86. The largest absolute Gasteiger partial charge is 0.496 e. The van der Waals surface area contributed by atoms with Gasteiger partial charge in [0.05, 0.1) is 13.2 Å². The number of anilines is 1. The van der Waals surface area contributed by atoms with Crippen molar-refractivity contribution in [2.24, 2.45) is 0 Å². The predicted octanol–water partition coefficient (Wildman–Crippen LogP) is 3.86. The Morgan fingerprint density at radius 1 is 1.14 bits per heavy atom. The van der Waals surface area contributed by atoms with Crippen molar-refractivity contribution in [3.05, 3.63) is 59.7 Å². The first-order valence-electron chi connectivity index (χ1n) is 7.20. The number of hydrogen-bond acceptors (Lipinski definition) is 3. The molecule has 0 bridgehead atoms. The van der Waals surface area contributed by atoms with Crippen molar-refractivity contribution in [1.82, 2.24) is 0 Å². The summed E-state index contributed by atoms with van der Waals surface area (Å²) in [7, 11) is 1.68. The van der Waals surface area contributed by atoms with Gasteiger partial charge in [0.2, 0.25) is 0 Å². The number of rotatable bonds is 3. The highest BCUT2D eigenvalue weighted by atomic mass is 16.5. The Bertz CT molecular complexity index is 675. The van der Waals surface area contributed by atoms with Gasteiger partial charge in [-0.2, -0.15) is 5.26 Å². The van der Waals surface area contributed by atoms with Crippen molar-refractivity contribution in [3.63, 3.8) is 0 Å². The third-order valence-corrected chi connectivity index (χ3v) is 4.11. The van der Waals surface area contributed by atoms with Crippen LogP contribution in [0.1, 0.15) is 24.0 Å². The predicted molar refractivity (Wildman–Crippen MR) is 83.3 cm³/mol. The normalized spacial score (nSPS) is 20.2. The van der Waals surface area contributed by atoms with E-state index >= 15 is 0 Å². The number of nitrogens with one attached hydrogen (secondary N) is 1. The molecule has 2 aromatic rings. The number of benzene rings is 2. The Labute approximate surface area is 125 Å². The van der Waals surface area contributed by atoms with Crippen molar-refractivity contribution in [3.8, 4) is 11.8 Å². The van der Waals surface area contributed by atoms with Gasteiger partial charge in [0.15, 0.2) is 5.54 Å². The van der Waals surface area contributed by atoms with Crippen LogP contribution in [0.2, 0.25) is 0 Å². The smallest absolute Gasteiger partial charge is 0.151 e. The lowest BCUT2D eigenvalue weighted by atomic mass is 9.77. The fourth-order valence-corrected chi connectivity index (χ4v) is 3.12. The average Bonchev–Trinajstić information content (AvgIpc) is 2.55. The molecule has 1 unspecified atom stereocenters. The van der Waals surface area contributed by atoms with E-state index in [0.29, 0.717) is 0 Å². The van der Waals surface area contributed by atoms with Gasteiger partial charge in [-0.3, -0.25) is 0 Å². The molecule has 0 saturated carbocycles. The number of nitrogens with zero attached hydrogens (tertiary/aromatic N) is 1. The lowest BCUT2D eigenvalue weighted by molar-refractivity contribution is 0.399. The van der Waals surface area contributed by atoms with E-state index in [9.17, 15) is 5.26 Å². The van der Waals surface area contributed by atoms with Crippen molar-refractivity contribution in [2.75, 3.05) is 12.4 Å². The SMILES string of the molecule is COc1cccc2c1CCCC2(C#N)Nc1ccccc1. The van der Waals surface area contributed by atoms with Crippen LogP contribution < -0.4 is 10.1 Å². The van der Waals surface area contributed by atoms with Crippen LogP contribution in [0.15, 0.2) is 48.5 Å². The molecular weight excluding hydrogens is 260 g/mol. The van der Waals surface area contributed by atoms with Gasteiger partial charge in [0.1, 0.15) is 5.75 Å². The molecule has 0 radical (unpaired) electrons. The summed E-state index contributed by atoms with van der Waals surface area (Å²) in [6.45, 7) is 0. The van der Waals surface area contributed by atoms with E-state index in [-0.39, 0.29) is 0 Å². The molecule has 0 saturated heterocycles. The molecule has 1 aliphatic rings. The highest BCUT2D eigenvalue weighted by molar-refractivity contribution is 5.56. The summed E-state index contributed by atoms with van der Waals surface area (Å²) in [6, 6.07) is 18.4. The first-order chi connectivity index (χ1) is 10.3. The van der Waals surface area contributed by atoms with Crippen LogP contribution in [0, 0.1) is 11.3 Å². The van der Waals surface area contributed by atoms with Crippen LogP contribution in [0.25, 0.3) is 0 Å². The van der Waals surface area contributed by atoms with E-state index in [1.54, 1.807) is 7.11 Å². The van der Waals surface area contributed by atoms with Crippen LogP contribution in [-0.4, -0.2) is 7.11 Å². The zero-order chi connectivity index (χ0) is 14.7. The maximum Gasteiger partial charge on any atom is 0.151 e. The Morgan fingerprint density at radius 3 is 2.67 bits per heavy atom. The summed E-state index contributed by atoms with van der Waals surface area (Å²) < 4.78 is 5.46. The molecule has 21 heavy (non-hydrogen) atoms. The zero-order valence-corrected chi connectivity index (χ0v) is 12.1. The minimum atomic E-state index is -0.677. The Balaban J connectivity index is 2.07. The molecule has 2 aromatic carbocycles. The molecule has 0 fully saturated rings. The highest BCUT2D eigenvalue weighted by Crippen LogP contribution is 2.41. The van der Waals surface area contributed by atoms with Crippen LogP contribution >= 0.6 is 0 Å². The van der Waals surface area contributed by atoms with E-state index in [2.05, 4.69) is 11.4 Å². The molecule has 3 nitrogen and oxygen atoms in total. The second-order valence-electron chi connectivity index (χ2n) is 5.35. The lowest BCUT2D eigenvalue weighted by Crippen LogP contribution is -2.37. The van der Waals surface area contributed by atoms with Crippen LogP contribution in [-0.2, 0) is 12.0 Å². The van der Waals surface area contributed by atoms with E-state index < -0.39 is 5.54 Å². The molecular formula is C18H18N2O. The van der Waals surface area contributed by atoms with Gasteiger partial charge in [-0.05, 0) is 43.0 Å². The van der Waals surface area contributed by atoms with Crippen LogP contribution in [0.5, 0.6) is 5.75 Å². The average molecular weight is 278 g/mol. The van der Waals surface area contributed by atoms with Gasteiger partial charge in [0, 0.05) is 11.3 Å². The van der Waals surface area contributed by atoms with Crippen molar-refractivity contribution >= 4 is 5.69 Å². The molecule has 0 aliphatic heterocycles. The number of fused-ring (bicyclic) bond motifs is 1. The van der Waals surface area contributed by atoms with Crippen LogP contribution in [0.3, 0.4) is 0 Å². The second-order valence-corrected chi connectivity index (χ2v) is 5.35. The van der Waals surface area contributed by atoms with Gasteiger partial charge >= 0.3 is 0 Å². The summed E-state index contributed by atoms with van der Waals surface area (Å²) in [5.41, 5.74) is 2.48. The zero-order valence-electron chi connectivity index (χ0n) is 12.1. The highest BCUT2D eigenvalue weighted by Gasteiger charge is 2.38. The molecule has 3 heteroatoms. The number of methoxy groups -OCH3 is 1. The molecule has 0 aromatic heterocycles. The molecule has 0 spiro atoms. The van der Waals surface area contributed by atoms with Gasteiger partial charge in [-0.15, -0.1) is 0 Å². The minimum absolute atomic E-state index is 0.677. The molecule has 0 amide bonds. The number of ether oxygens (including phenoxy) is 1. The first-order valence-corrected chi connectivity index (χ1v) is 7.20. The summed E-state index contributed by atoms with van der Waals surface area (Å²) in [6.07, 6.45) is 2.73. The molecule has 106 valence electrons. The van der Waals surface area contributed by atoms with Gasteiger partial charge in [-0.25, -0.2) is 0 Å². The quantitative estimate of drug-likeness (QED) is 0.927. The Kier molecular flexibility index (Phi) is 3.53. The van der Waals surface area contributed by atoms with Gasteiger partial charge < -0.3 is 10.1 Å². The fourth-order valence-electron chi connectivity index (χ4n) is 3.12. The van der Waals surface area contributed by atoms with E-state index in [1.807, 2.05) is 48.5 Å². The lowest BCUT2D eigenvalue weighted by Gasteiger charge is -2.35. The van der Waals surface area contributed by atoms with E-state index in [4.69, 9.17) is 4.74 Å². The first kappa shape index (κ1) is 13.5. The van der Waals surface area contributed by atoms with Crippen molar-refractivity contribution in [1.29, 1.82) is 5.26 Å². The van der Waals surface area contributed by atoms with E-state index in [1.165, 1.54) is 0 Å². The summed E-state index contributed by atoms with van der Waals surface area (Å²) >= 11 is 0.